The third-order valence-corrected chi connectivity index (χ3v) is 7.31. The number of piperidine rings is 1. The maximum absolute atomic E-state index is 13.5. The molecule has 1 unspecified atom stereocenters. The van der Waals surface area contributed by atoms with Gasteiger partial charge in [-0.05, 0) is 41.3 Å². The first-order valence-electron chi connectivity index (χ1n) is 11.0. The Kier molecular flexibility index (Phi) is 6.47. The summed E-state index contributed by atoms with van der Waals surface area (Å²) in [5.74, 6) is -3.22. The molecule has 1 N–H and O–H groups in total. The second-order valence-corrected chi connectivity index (χ2v) is 12.2. The number of fused-ring (bicyclic) bond motifs is 1. The van der Waals surface area contributed by atoms with Gasteiger partial charge in [-0.1, -0.05) is 81.1 Å². The van der Waals surface area contributed by atoms with E-state index in [0.29, 0.717) is 16.7 Å². The lowest BCUT2D eigenvalue weighted by Gasteiger charge is -2.27. The highest BCUT2D eigenvalue weighted by atomic mass is 79.9. The first kappa shape index (κ1) is 25.9. The molecule has 1 aliphatic carbocycles. The Balaban J connectivity index is 1.53. The Morgan fingerprint density at radius 1 is 1.05 bits per heavy atom. The van der Waals surface area contributed by atoms with Crippen LogP contribution in [0.25, 0.3) is 5.57 Å². The van der Waals surface area contributed by atoms with Crippen molar-refractivity contribution in [1.29, 1.82) is 0 Å². The maximum atomic E-state index is 13.5. The Hall–Kier alpha value is -2.72. The highest BCUT2D eigenvalue weighted by Crippen LogP contribution is 2.55. The monoisotopic (exact) mass is 624 g/mol. The summed E-state index contributed by atoms with van der Waals surface area (Å²) in [5, 5.41) is 2.17. The zero-order valence-electron chi connectivity index (χ0n) is 18.7. The number of imide groups is 2. The quantitative estimate of drug-likeness (QED) is 0.304. The SMILES string of the molecule is O=C1CCC(N2C(=O)c3cccc(C4=C[C@]4(C(=O)OCC(Cl)(Cl)Cl)c4ccc(Br)cc4)c3C2=O)C(=O)N1. The summed E-state index contributed by atoms with van der Waals surface area (Å²) < 4.78 is 4.29. The number of rotatable bonds is 5. The first-order valence-corrected chi connectivity index (χ1v) is 12.9. The number of esters is 1. The summed E-state index contributed by atoms with van der Waals surface area (Å²) in [5.41, 5.74) is 0.121. The number of carbonyl (C=O) groups excluding carboxylic acids is 5. The number of carbonyl (C=O) groups is 5. The van der Waals surface area contributed by atoms with Crippen molar-refractivity contribution in [2.24, 2.45) is 0 Å². The third-order valence-electron chi connectivity index (χ3n) is 6.45. The molecule has 1 saturated heterocycles. The van der Waals surface area contributed by atoms with E-state index >= 15 is 0 Å². The zero-order valence-corrected chi connectivity index (χ0v) is 22.6. The van der Waals surface area contributed by atoms with Crippen molar-refractivity contribution in [3.05, 3.63) is 75.3 Å². The molecule has 2 heterocycles. The van der Waals surface area contributed by atoms with Crippen LogP contribution in [-0.4, -0.2) is 50.9 Å². The number of halogens is 4. The van der Waals surface area contributed by atoms with E-state index in [1.54, 1.807) is 42.5 Å². The van der Waals surface area contributed by atoms with Crippen LogP contribution in [0.5, 0.6) is 0 Å². The molecule has 3 aliphatic rings. The summed E-state index contributed by atoms with van der Waals surface area (Å²) in [6, 6.07) is 10.5. The Morgan fingerprint density at radius 2 is 1.73 bits per heavy atom. The molecule has 12 heteroatoms. The minimum atomic E-state index is -1.83. The highest BCUT2D eigenvalue weighted by Gasteiger charge is 2.57. The van der Waals surface area contributed by atoms with Gasteiger partial charge >= 0.3 is 5.97 Å². The Morgan fingerprint density at radius 3 is 2.38 bits per heavy atom. The number of nitrogens with one attached hydrogen (secondary N) is 1. The van der Waals surface area contributed by atoms with Crippen LogP contribution >= 0.6 is 50.7 Å². The fraction of sp³-hybridized carbons (Fsp3) is 0.240. The van der Waals surface area contributed by atoms with Crippen molar-refractivity contribution in [3.8, 4) is 0 Å². The van der Waals surface area contributed by atoms with Crippen LogP contribution in [0.3, 0.4) is 0 Å². The molecule has 5 rings (SSSR count). The smallest absolute Gasteiger partial charge is 0.325 e. The molecule has 190 valence electrons. The van der Waals surface area contributed by atoms with E-state index in [2.05, 4.69) is 21.2 Å². The number of nitrogens with zero attached hydrogens (tertiary/aromatic N) is 1. The lowest BCUT2D eigenvalue weighted by atomic mass is 9.86. The minimum Gasteiger partial charge on any atom is -0.460 e. The summed E-state index contributed by atoms with van der Waals surface area (Å²) >= 11 is 20.7. The maximum Gasteiger partial charge on any atom is 0.325 e. The first-order chi connectivity index (χ1) is 17.4. The average molecular weight is 627 g/mol. The van der Waals surface area contributed by atoms with Gasteiger partial charge in [0.15, 0.2) is 0 Å². The van der Waals surface area contributed by atoms with Crippen LogP contribution in [-0.2, 0) is 24.5 Å². The molecule has 37 heavy (non-hydrogen) atoms. The fourth-order valence-corrected chi connectivity index (χ4v) is 5.14. The molecule has 0 spiro atoms. The molecule has 2 atom stereocenters. The van der Waals surface area contributed by atoms with Crippen molar-refractivity contribution < 1.29 is 28.7 Å². The van der Waals surface area contributed by atoms with E-state index in [4.69, 9.17) is 39.5 Å². The molecule has 2 aromatic rings. The van der Waals surface area contributed by atoms with Gasteiger partial charge in [0.25, 0.3) is 11.8 Å². The predicted molar refractivity (Wildman–Crippen MR) is 138 cm³/mol. The molecule has 2 aliphatic heterocycles. The average Bonchev–Trinajstić information content (AvgIpc) is 3.54. The van der Waals surface area contributed by atoms with Crippen molar-refractivity contribution in [2.75, 3.05) is 6.61 Å². The van der Waals surface area contributed by atoms with E-state index in [-0.39, 0.29) is 24.0 Å². The van der Waals surface area contributed by atoms with Crippen LogP contribution in [0.1, 0.15) is 44.7 Å². The summed E-state index contributed by atoms with van der Waals surface area (Å²) in [6.45, 7) is -0.497. The molecular formula is C25H16BrCl3N2O6. The summed E-state index contributed by atoms with van der Waals surface area (Å²) in [7, 11) is 0. The number of amides is 4. The second-order valence-electron chi connectivity index (χ2n) is 8.74. The van der Waals surface area contributed by atoms with E-state index in [1.165, 1.54) is 6.07 Å². The third kappa shape index (κ3) is 4.48. The number of benzene rings is 2. The number of alkyl halides is 3. The van der Waals surface area contributed by atoms with Gasteiger partial charge in [0.1, 0.15) is 18.1 Å². The summed E-state index contributed by atoms with van der Waals surface area (Å²) in [6.07, 6.45) is 1.66. The molecule has 2 aromatic carbocycles. The number of hydrogen-bond acceptors (Lipinski definition) is 6. The van der Waals surface area contributed by atoms with Gasteiger partial charge in [0.05, 0.1) is 11.1 Å². The fourth-order valence-electron chi connectivity index (χ4n) is 4.71. The highest BCUT2D eigenvalue weighted by molar-refractivity contribution is 9.10. The molecule has 0 aromatic heterocycles. The zero-order chi connectivity index (χ0) is 26.7. The van der Waals surface area contributed by atoms with Gasteiger partial charge in [-0.2, -0.15) is 0 Å². The van der Waals surface area contributed by atoms with Crippen LogP contribution in [0.2, 0.25) is 0 Å². The molecule has 1 fully saturated rings. The Bertz CT molecular complexity index is 1420. The van der Waals surface area contributed by atoms with Gasteiger partial charge in [0.2, 0.25) is 15.6 Å². The molecular weight excluding hydrogens is 611 g/mol. The van der Waals surface area contributed by atoms with E-state index in [0.717, 1.165) is 9.37 Å². The van der Waals surface area contributed by atoms with Gasteiger partial charge in [-0.15, -0.1) is 0 Å². The van der Waals surface area contributed by atoms with Gasteiger partial charge in [0, 0.05) is 10.9 Å². The van der Waals surface area contributed by atoms with Crippen molar-refractivity contribution in [3.63, 3.8) is 0 Å². The topological polar surface area (TPSA) is 110 Å². The normalized spacial score (nSPS) is 23.0. The Labute approximate surface area is 234 Å². The van der Waals surface area contributed by atoms with Gasteiger partial charge in [-0.3, -0.25) is 34.2 Å². The van der Waals surface area contributed by atoms with Gasteiger partial charge in [-0.25, -0.2) is 0 Å². The van der Waals surface area contributed by atoms with Crippen molar-refractivity contribution in [2.45, 2.75) is 28.1 Å². The standard InChI is InChI=1S/C25H16BrCl3N2O6/c26-13-6-4-12(5-7-13)24(23(36)37-11-25(27,28)29)10-16(24)14-2-1-3-15-19(14)22(35)31(21(15)34)17-8-9-18(32)30-20(17)33/h1-7,10,17H,8-9,11H2,(H,30,32,33)/t17?,24-/m0/s1. The largest absolute Gasteiger partial charge is 0.460 e. The molecule has 8 nitrogen and oxygen atoms in total. The lowest BCUT2D eigenvalue weighted by molar-refractivity contribution is -0.145. The molecule has 0 saturated carbocycles. The van der Waals surface area contributed by atoms with Crippen LogP contribution in [0.4, 0.5) is 0 Å². The molecule has 0 radical (unpaired) electrons. The van der Waals surface area contributed by atoms with Crippen molar-refractivity contribution >= 4 is 85.9 Å². The summed E-state index contributed by atoms with van der Waals surface area (Å²) in [4.78, 5) is 65.0. The van der Waals surface area contributed by atoms with Crippen molar-refractivity contribution in [1.82, 2.24) is 10.2 Å². The predicted octanol–water partition coefficient (Wildman–Crippen LogP) is 4.10. The van der Waals surface area contributed by atoms with Crippen LogP contribution in [0.15, 0.2) is 53.0 Å². The van der Waals surface area contributed by atoms with Crippen LogP contribution in [0, 0.1) is 0 Å². The number of hydrogen-bond donors (Lipinski definition) is 1. The minimum absolute atomic E-state index is 0.00352. The van der Waals surface area contributed by atoms with Gasteiger partial charge < -0.3 is 4.74 Å². The molecule has 4 amide bonds. The lowest BCUT2D eigenvalue weighted by Crippen LogP contribution is -2.54. The van der Waals surface area contributed by atoms with E-state index < -0.39 is 51.5 Å². The second kappa shape index (κ2) is 9.23. The number of ether oxygens (including phenoxy) is 1. The van der Waals surface area contributed by atoms with Crippen LogP contribution < -0.4 is 5.32 Å². The van der Waals surface area contributed by atoms with E-state index in [9.17, 15) is 24.0 Å². The molecule has 0 bridgehead atoms. The van der Waals surface area contributed by atoms with E-state index in [1.807, 2.05) is 0 Å².